The molecule has 38 heavy (non-hydrogen) atoms. The lowest BCUT2D eigenvalue weighted by molar-refractivity contribution is 0.183. The zero-order valence-electron chi connectivity index (χ0n) is 24.4. The molecule has 3 heterocycles. The van der Waals surface area contributed by atoms with Gasteiger partial charge in [0.1, 0.15) is 17.4 Å². The Morgan fingerprint density at radius 1 is 1.18 bits per heavy atom. The van der Waals surface area contributed by atoms with Crippen LogP contribution in [0.2, 0.25) is 0 Å². The number of rotatable bonds is 4. The predicted molar refractivity (Wildman–Crippen MR) is 157 cm³/mol. The number of hydrogen-bond acceptors (Lipinski definition) is 6. The summed E-state index contributed by atoms with van der Waals surface area (Å²) >= 11 is 0. The molecule has 0 amide bonds. The Morgan fingerprint density at radius 3 is 2.32 bits per heavy atom. The van der Waals surface area contributed by atoms with Crippen molar-refractivity contribution < 1.29 is 18.4 Å². The first-order chi connectivity index (χ1) is 18.1. The fourth-order valence-corrected chi connectivity index (χ4v) is 4.81. The average molecular weight is 551 g/mol. The first-order valence-electron chi connectivity index (χ1n) is 13.6. The van der Waals surface area contributed by atoms with Crippen LogP contribution in [-0.4, -0.2) is 47.6 Å². The van der Waals surface area contributed by atoms with E-state index in [2.05, 4.69) is 9.97 Å². The number of aliphatic hydroxyl groups is 1. The maximum absolute atomic E-state index is 13.8. The molecular formula is C29H47FN4O3S. The molecule has 1 atom stereocenters. The number of nitrogens with zero attached hydrogens (tertiary/aromatic N) is 3. The molecule has 0 spiro atoms. The van der Waals surface area contributed by atoms with E-state index < -0.39 is 16.7 Å². The normalized spacial score (nSPS) is 17.3. The van der Waals surface area contributed by atoms with E-state index in [9.17, 15) is 8.60 Å². The monoisotopic (exact) mass is 550 g/mol. The summed E-state index contributed by atoms with van der Waals surface area (Å²) in [7, 11) is 0.501. The van der Waals surface area contributed by atoms with Crippen molar-refractivity contribution in [1.82, 2.24) is 14.5 Å². The number of hydrogen-bond donors (Lipinski definition) is 2. The first-order valence-corrected chi connectivity index (χ1v) is 14.9. The van der Waals surface area contributed by atoms with E-state index in [1.807, 2.05) is 65.3 Å². The van der Waals surface area contributed by atoms with Gasteiger partial charge in [0.05, 0.1) is 30.9 Å². The smallest absolute Gasteiger partial charge is 0.215 e. The van der Waals surface area contributed by atoms with Gasteiger partial charge in [-0.1, -0.05) is 40.5 Å². The number of aryl methyl sites for hydroxylation is 1. The highest BCUT2D eigenvalue weighted by Gasteiger charge is 2.24. The molecule has 2 aromatic heterocycles. The van der Waals surface area contributed by atoms with Crippen LogP contribution in [0.3, 0.4) is 0 Å². The molecule has 1 unspecified atom stereocenters. The van der Waals surface area contributed by atoms with Crippen molar-refractivity contribution in [2.24, 2.45) is 0 Å². The number of nitrogens with two attached hydrogens (primary N) is 1. The van der Waals surface area contributed by atoms with Crippen LogP contribution < -0.4 is 5.73 Å². The van der Waals surface area contributed by atoms with E-state index in [4.69, 9.17) is 15.6 Å². The topological polar surface area (TPSA) is 103 Å². The van der Waals surface area contributed by atoms with Gasteiger partial charge in [-0.25, -0.2) is 9.97 Å². The molecule has 0 saturated heterocycles. The third-order valence-corrected chi connectivity index (χ3v) is 7.74. The van der Waals surface area contributed by atoms with Crippen LogP contribution in [-0.2, 0) is 22.0 Å². The van der Waals surface area contributed by atoms with Crippen molar-refractivity contribution in [3.63, 3.8) is 0 Å². The van der Waals surface area contributed by atoms with Crippen molar-refractivity contribution in [3.8, 4) is 11.3 Å². The highest BCUT2D eigenvalue weighted by Crippen LogP contribution is 2.28. The molecule has 1 aliphatic carbocycles. The van der Waals surface area contributed by atoms with E-state index in [1.54, 1.807) is 19.4 Å². The quantitative estimate of drug-likeness (QED) is 0.421. The Hall–Kier alpha value is -2.52. The molecule has 0 bridgehead atoms. The van der Waals surface area contributed by atoms with Crippen LogP contribution in [0, 0.1) is 5.95 Å². The van der Waals surface area contributed by atoms with Crippen LogP contribution >= 0.6 is 0 Å². The van der Waals surface area contributed by atoms with Gasteiger partial charge in [-0.2, -0.15) is 4.39 Å². The fourth-order valence-electron chi connectivity index (χ4n) is 3.87. The van der Waals surface area contributed by atoms with Gasteiger partial charge < -0.3 is 20.1 Å². The second kappa shape index (κ2) is 16.4. The van der Waals surface area contributed by atoms with Crippen LogP contribution in [0.5, 0.6) is 0 Å². The Morgan fingerprint density at radius 2 is 1.82 bits per heavy atom. The summed E-state index contributed by atoms with van der Waals surface area (Å²) in [6.07, 6.45) is 11.6. The van der Waals surface area contributed by atoms with Crippen LogP contribution in [0.15, 0.2) is 35.7 Å². The SMILES string of the molecule is CC.CC.COC1=CCCc2ncc(-c3cc(N)nc(F)c3)n2/C=C\1CS(=O)C(C)(C)C.OC1CCCC1. The second-order valence-corrected chi connectivity index (χ2v) is 11.7. The van der Waals surface area contributed by atoms with Gasteiger partial charge in [-0.3, -0.25) is 4.21 Å². The highest BCUT2D eigenvalue weighted by molar-refractivity contribution is 7.86. The number of anilines is 1. The molecule has 7 nitrogen and oxygen atoms in total. The maximum atomic E-state index is 13.8. The van der Waals surface area contributed by atoms with Crippen LogP contribution in [0.4, 0.5) is 10.2 Å². The summed E-state index contributed by atoms with van der Waals surface area (Å²) in [5.74, 6) is 1.32. The number of ether oxygens (including phenoxy) is 1. The summed E-state index contributed by atoms with van der Waals surface area (Å²) < 4.78 is 33.7. The lowest BCUT2D eigenvalue weighted by Crippen LogP contribution is -2.25. The maximum Gasteiger partial charge on any atom is 0.215 e. The van der Waals surface area contributed by atoms with E-state index in [0.29, 0.717) is 29.2 Å². The molecule has 1 saturated carbocycles. The standard InChI is InChI=1S/C20H25FN4O2S.C5H10O.2C2H6/c1-20(2,3)28(26)12-14-11-25-15(13-8-17(21)24-18(22)9-13)10-23-19(25)7-5-6-16(14)27-4;6-5-3-1-2-4-5;2*1-2/h6,8-11H,5,7,12H2,1-4H3,(H2,22,24);5-6H,1-4H2;2*1-2H3/b14-11-,16-6?;;;. The number of halogens is 1. The summed E-state index contributed by atoms with van der Waals surface area (Å²) in [5, 5.41) is 8.73. The second-order valence-electron chi connectivity index (χ2n) is 9.54. The largest absolute Gasteiger partial charge is 0.497 e. The number of imidazole rings is 1. The summed E-state index contributed by atoms with van der Waals surface area (Å²) in [6.45, 7) is 13.8. The molecule has 0 radical (unpaired) electrons. The van der Waals surface area contributed by atoms with E-state index >= 15 is 0 Å². The number of aliphatic hydroxyl groups excluding tert-OH is 1. The molecule has 2 aliphatic rings. The summed E-state index contributed by atoms with van der Waals surface area (Å²) in [5.41, 5.74) is 7.80. The lowest BCUT2D eigenvalue weighted by atomic mass is 10.1. The number of methoxy groups -OCH3 is 1. The third-order valence-electron chi connectivity index (χ3n) is 5.80. The Bertz CT molecular complexity index is 1060. The number of pyridine rings is 1. The zero-order chi connectivity index (χ0) is 28.9. The molecule has 0 aromatic carbocycles. The summed E-state index contributed by atoms with van der Waals surface area (Å²) in [4.78, 5) is 8.09. The number of fused-ring (bicyclic) bond motifs is 1. The molecule has 1 fully saturated rings. The molecule has 1 aliphatic heterocycles. The van der Waals surface area contributed by atoms with Gasteiger partial charge in [0.15, 0.2) is 0 Å². The highest BCUT2D eigenvalue weighted by atomic mass is 32.2. The number of aromatic nitrogens is 3. The number of allylic oxidation sites excluding steroid dienone is 2. The Balaban J connectivity index is 0.000000616. The molecule has 214 valence electrons. The van der Waals surface area contributed by atoms with Crippen molar-refractivity contribution in [3.05, 3.63) is 47.5 Å². The molecule has 2 aromatic rings. The predicted octanol–water partition coefficient (Wildman–Crippen LogP) is 6.50. The van der Waals surface area contributed by atoms with E-state index in [1.165, 1.54) is 18.9 Å². The van der Waals surface area contributed by atoms with E-state index in [0.717, 1.165) is 30.7 Å². The average Bonchev–Trinajstić information content (AvgIpc) is 3.50. The van der Waals surface area contributed by atoms with Gasteiger partial charge in [-0.05, 0) is 52.2 Å². The molecule has 3 N–H and O–H groups in total. The minimum Gasteiger partial charge on any atom is -0.497 e. The minimum atomic E-state index is -1.11. The van der Waals surface area contributed by atoms with Crippen LogP contribution in [0.25, 0.3) is 17.5 Å². The molecule has 4 rings (SSSR count). The third kappa shape index (κ3) is 9.98. The lowest BCUT2D eigenvalue weighted by Gasteiger charge is -2.21. The van der Waals surface area contributed by atoms with Gasteiger partial charge in [0.25, 0.3) is 0 Å². The number of nitrogen functional groups attached to an aromatic ring is 1. The summed E-state index contributed by atoms with van der Waals surface area (Å²) in [6, 6.07) is 2.94. The van der Waals surface area contributed by atoms with Crippen molar-refractivity contribution in [2.75, 3.05) is 18.6 Å². The molecular weight excluding hydrogens is 503 g/mol. The van der Waals surface area contributed by atoms with Gasteiger partial charge in [0, 0.05) is 45.4 Å². The van der Waals surface area contributed by atoms with Crippen LogP contribution in [0.1, 0.15) is 86.4 Å². The Labute approximate surface area is 230 Å². The van der Waals surface area contributed by atoms with Crippen molar-refractivity contribution in [1.29, 1.82) is 0 Å². The van der Waals surface area contributed by atoms with Crippen molar-refractivity contribution in [2.45, 2.75) is 97.8 Å². The minimum absolute atomic E-state index is 0.0463. The zero-order valence-corrected chi connectivity index (χ0v) is 25.2. The van der Waals surface area contributed by atoms with Gasteiger partial charge in [0.2, 0.25) is 5.95 Å². The van der Waals surface area contributed by atoms with Crippen molar-refractivity contribution >= 4 is 22.8 Å². The first kappa shape index (κ1) is 33.5. The molecule has 9 heteroatoms. The van der Waals surface area contributed by atoms with E-state index in [-0.39, 0.29) is 16.7 Å². The van der Waals surface area contributed by atoms with Gasteiger partial charge >= 0.3 is 0 Å². The Kier molecular flexibility index (Phi) is 14.5. The van der Waals surface area contributed by atoms with Gasteiger partial charge in [-0.15, -0.1) is 0 Å². The fraction of sp³-hybridized carbons (Fsp3) is 0.586.